The Morgan fingerprint density at radius 1 is 0.805 bits per heavy atom. The van der Waals surface area contributed by atoms with Gasteiger partial charge in [-0.25, -0.2) is 0 Å². The standard InChI is InChI=1S/C31H41N5O5/c1-21(2)16-25(29(39)33-18-23-12-7-4-8-13-23)35-31(41)27(20-37)36-30(40)26(17-22-10-5-3-6-11-22)34-28(38)24-14-9-15-32-19-24/h3-8,10-14,21,25-27,32,37H,9,15-20H2,1-2H3,(H,33,39)(H,34,38)(H,35,41)(H,36,40)/t25-,26-,27-/m0/s1. The molecule has 1 heterocycles. The Morgan fingerprint density at radius 2 is 1.41 bits per heavy atom. The average Bonchev–Trinajstić information content (AvgIpc) is 2.99. The van der Waals surface area contributed by atoms with Gasteiger partial charge in [-0.3, -0.25) is 19.2 Å². The molecule has 10 nitrogen and oxygen atoms in total. The maximum absolute atomic E-state index is 13.4. The molecule has 0 spiro atoms. The predicted octanol–water partition coefficient (Wildman–Crippen LogP) is 0.958. The lowest BCUT2D eigenvalue weighted by Crippen LogP contribution is -2.58. The van der Waals surface area contributed by atoms with Gasteiger partial charge in [0.2, 0.25) is 23.6 Å². The van der Waals surface area contributed by atoms with Gasteiger partial charge in [0.05, 0.1) is 6.61 Å². The van der Waals surface area contributed by atoms with E-state index >= 15 is 0 Å². The first-order chi connectivity index (χ1) is 19.8. The average molecular weight is 564 g/mol. The van der Waals surface area contributed by atoms with Crippen LogP contribution in [0, 0.1) is 5.92 Å². The molecule has 3 rings (SSSR count). The summed E-state index contributed by atoms with van der Waals surface area (Å²) >= 11 is 0. The minimum atomic E-state index is -1.31. The first-order valence-electron chi connectivity index (χ1n) is 14.0. The highest BCUT2D eigenvalue weighted by molar-refractivity contribution is 5.98. The number of carbonyl (C=O) groups is 4. The van der Waals surface area contributed by atoms with Gasteiger partial charge in [0.25, 0.3) is 0 Å². The minimum absolute atomic E-state index is 0.0963. The fraction of sp³-hybridized carbons (Fsp3) is 0.419. The van der Waals surface area contributed by atoms with Crippen LogP contribution in [0.2, 0.25) is 0 Å². The molecule has 0 fully saturated rings. The van der Waals surface area contributed by atoms with Gasteiger partial charge in [0.15, 0.2) is 0 Å². The largest absolute Gasteiger partial charge is 0.394 e. The van der Waals surface area contributed by atoms with Crippen molar-refractivity contribution >= 4 is 23.6 Å². The van der Waals surface area contributed by atoms with Gasteiger partial charge in [-0.2, -0.15) is 0 Å². The molecule has 10 heteroatoms. The lowest BCUT2D eigenvalue weighted by molar-refractivity contribution is -0.134. The van der Waals surface area contributed by atoms with Crippen LogP contribution < -0.4 is 26.6 Å². The predicted molar refractivity (Wildman–Crippen MR) is 156 cm³/mol. The zero-order chi connectivity index (χ0) is 29.6. The number of aliphatic hydroxyl groups excluding tert-OH is 1. The molecule has 2 aromatic rings. The highest BCUT2D eigenvalue weighted by atomic mass is 16.3. The highest BCUT2D eigenvalue weighted by Gasteiger charge is 2.30. The number of nitrogens with one attached hydrogen (secondary N) is 5. The normalized spacial score (nSPS) is 15.2. The molecular weight excluding hydrogens is 522 g/mol. The molecule has 0 bridgehead atoms. The van der Waals surface area contributed by atoms with Crippen molar-refractivity contribution in [2.75, 3.05) is 19.7 Å². The number of aliphatic hydroxyl groups is 1. The van der Waals surface area contributed by atoms with E-state index in [0.29, 0.717) is 31.5 Å². The second-order valence-corrected chi connectivity index (χ2v) is 10.5. The summed E-state index contributed by atoms with van der Waals surface area (Å²) in [5.74, 6) is -1.94. The third-order valence-electron chi connectivity index (χ3n) is 6.69. The van der Waals surface area contributed by atoms with Gasteiger partial charge in [-0.05, 0) is 36.4 Å². The van der Waals surface area contributed by atoms with E-state index in [0.717, 1.165) is 17.7 Å². The molecule has 3 atom stereocenters. The van der Waals surface area contributed by atoms with Crippen LogP contribution in [-0.4, -0.2) is 66.6 Å². The Kier molecular flexibility index (Phi) is 12.5. The molecule has 6 N–H and O–H groups in total. The number of hydrogen-bond acceptors (Lipinski definition) is 6. The summed E-state index contributed by atoms with van der Waals surface area (Å²) in [6, 6.07) is 15.5. The van der Waals surface area contributed by atoms with Gasteiger partial charge in [-0.15, -0.1) is 0 Å². The second kappa shape index (κ2) is 16.3. The molecule has 2 aromatic carbocycles. The van der Waals surface area contributed by atoms with Gasteiger partial charge < -0.3 is 31.7 Å². The highest BCUT2D eigenvalue weighted by Crippen LogP contribution is 2.09. The number of hydrogen-bond donors (Lipinski definition) is 6. The quantitative estimate of drug-likeness (QED) is 0.202. The van der Waals surface area contributed by atoms with E-state index in [-0.39, 0.29) is 24.2 Å². The SMILES string of the molecule is CC(C)C[C@H](NC(=O)[C@H](CO)NC(=O)[C@H](Cc1ccccc1)NC(=O)C1=CCCNC1)C(=O)NCc1ccccc1. The van der Waals surface area contributed by atoms with Crippen LogP contribution >= 0.6 is 0 Å². The maximum Gasteiger partial charge on any atom is 0.248 e. The summed E-state index contributed by atoms with van der Waals surface area (Å²) in [5.41, 5.74) is 2.28. The first kappa shape index (κ1) is 31.5. The van der Waals surface area contributed by atoms with Crippen molar-refractivity contribution in [3.63, 3.8) is 0 Å². The van der Waals surface area contributed by atoms with Crippen molar-refractivity contribution in [1.29, 1.82) is 0 Å². The van der Waals surface area contributed by atoms with Crippen molar-refractivity contribution in [3.8, 4) is 0 Å². The molecule has 1 aliphatic heterocycles. The lowest BCUT2D eigenvalue weighted by Gasteiger charge is -2.25. The fourth-order valence-electron chi connectivity index (χ4n) is 4.48. The Balaban J connectivity index is 1.67. The summed E-state index contributed by atoms with van der Waals surface area (Å²) in [6.07, 6.45) is 3.11. The molecule has 0 aromatic heterocycles. The number of amides is 4. The molecule has 0 saturated carbocycles. The van der Waals surface area contributed by atoms with Crippen molar-refractivity contribution in [3.05, 3.63) is 83.4 Å². The monoisotopic (exact) mass is 563 g/mol. The summed E-state index contributed by atoms with van der Waals surface area (Å²) < 4.78 is 0. The van der Waals surface area contributed by atoms with Crippen LogP contribution in [-0.2, 0) is 32.1 Å². The Labute approximate surface area is 241 Å². The summed E-state index contributed by atoms with van der Waals surface area (Å²) in [5, 5.41) is 24.0. The van der Waals surface area contributed by atoms with Crippen LogP contribution in [0.15, 0.2) is 72.3 Å². The van der Waals surface area contributed by atoms with E-state index < -0.39 is 36.5 Å². The third kappa shape index (κ3) is 10.5. The summed E-state index contributed by atoms with van der Waals surface area (Å²) in [7, 11) is 0. The Bertz CT molecular complexity index is 1190. The Hall–Kier alpha value is -4.02. The van der Waals surface area contributed by atoms with Crippen molar-refractivity contribution in [2.45, 2.75) is 57.8 Å². The van der Waals surface area contributed by atoms with Gasteiger partial charge in [0, 0.05) is 25.1 Å². The van der Waals surface area contributed by atoms with E-state index in [1.54, 1.807) is 0 Å². The molecule has 0 saturated heterocycles. The van der Waals surface area contributed by atoms with Crippen molar-refractivity contribution in [1.82, 2.24) is 26.6 Å². The lowest BCUT2D eigenvalue weighted by atomic mass is 10.0. The molecule has 0 aliphatic carbocycles. The van der Waals surface area contributed by atoms with E-state index in [1.165, 1.54) is 0 Å². The summed E-state index contributed by atoms with van der Waals surface area (Å²) in [4.78, 5) is 52.4. The molecule has 220 valence electrons. The molecule has 1 aliphatic rings. The van der Waals surface area contributed by atoms with Crippen LogP contribution in [0.25, 0.3) is 0 Å². The van der Waals surface area contributed by atoms with Gasteiger partial charge >= 0.3 is 0 Å². The third-order valence-corrected chi connectivity index (χ3v) is 6.69. The Morgan fingerprint density at radius 3 is 2.00 bits per heavy atom. The number of rotatable bonds is 14. The number of benzene rings is 2. The molecule has 4 amide bonds. The molecule has 41 heavy (non-hydrogen) atoms. The maximum atomic E-state index is 13.4. The topological polar surface area (TPSA) is 149 Å². The number of carbonyl (C=O) groups excluding carboxylic acids is 4. The molecule has 0 radical (unpaired) electrons. The van der Waals surface area contributed by atoms with Crippen LogP contribution in [0.4, 0.5) is 0 Å². The fourth-order valence-corrected chi connectivity index (χ4v) is 4.48. The smallest absolute Gasteiger partial charge is 0.248 e. The van der Waals surface area contributed by atoms with Gasteiger partial charge in [-0.1, -0.05) is 80.6 Å². The van der Waals surface area contributed by atoms with E-state index in [4.69, 9.17) is 0 Å². The zero-order valence-electron chi connectivity index (χ0n) is 23.7. The summed E-state index contributed by atoms with van der Waals surface area (Å²) in [6.45, 7) is 4.67. The van der Waals surface area contributed by atoms with Crippen molar-refractivity contribution in [2.24, 2.45) is 5.92 Å². The van der Waals surface area contributed by atoms with Gasteiger partial charge in [0.1, 0.15) is 18.1 Å². The first-order valence-corrected chi connectivity index (χ1v) is 14.0. The van der Waals surface area contributed by atoms with E-state index in [2.05, 4.69) is 26.6 Å². The molecule has 0 unspecified atom stereocenters. The van der Waals surface area contributed by atoms with Crippen LogP contribution in [0.3, 0.4) is 0 Å². The van der Waals surface area contributed by atoms with Crippen molar-refractivity contribution < 1.29 is 24.3 Å². The van der Waals surface area contributed by atoms with Crippen LogP contribution in [0.1, 0.15) is 37.8 Å². The van der Waals surface area contributed by atoms with Crippen LogP contribution in [0.5, 0.6) is 0 Å². The van der Waals surface area contributed by atoms with E-state index in [9.17, 15) is 24.3 Å². The van der Waals surface area contributed by atoms with E-state index in [1.807, 2.05) is 80.6 Å². The zero-order valence-corrected chi connectivity index (χ0v) is 23.7. The molecular formula is C31H41N5O5. The second-order valence-electron chi connectivity index (χ2n) is 10.5. The minimum Gasteiger partial charge on any atom is -0.394 e.